The summed E-state index contributed by atoms with van der Waals surface area (Å²) in [6, 6.07) is 14.4. The Bertz CT molecular complexity index is 746. The van der Waals surface area contributed by atoms with Gasteiger partial charge in [-0.1, -0.05) is 30.9 Å². The lowest BCUT2D eigenvalue weighted by Gasteiger charge is -2.08. The number of anilines is 1. The lowest BCUT2D eigenvalue weighted by Crippen LogP contribution is -2.25. The van der Waals surface area contributed by atoms with Gasteiger partial charge in [0.1, 0.15) is 0 Å². The largest absolute Gasteiger partial charge is 0.349 e. The highest BCUT2D eigenvalue weighted by Gasteiger charge is 2.23. The van der Waals surface area contributed by atoms with Gasteiger partial charge in [-0.25, -0.2) is 0 Å². The molecule has 3 rings (SSSR count). The maximum Gasteiger partial charge on any atom is 0.255 e. The zero-order chi connectivity index (χ0) is 16.2. The van der Waals surface area contributed by atoms with E-state index in [4.69, 9.17) is 0 Å². The Labute approximate surface area is 135 Å². The van der Waals surface area contributed by atoms with E-state index in [9.17, 15) is 9.59 Å². The molecule has 2 amide bonds. The van der Waals surface area contributed by atoms with Gasteiger partial charge in [0, 0.05) is 22.9 Å². The second-order valence-electron chi connectivity index (χ2n) is 5.61. The summed E-state index contributed by atoms with van der Waals surface area (Å²) in [5, 5.41) is 5.75. The van der Waals surface area contributed by atoms with Gasteiger partial charge >= 0.3 is 0 Å². The molecule has 4 heteroatoms. The second kappa shape index (κ2) is 6.48. The molecule has 1 saturated carbocycles. The Morgan fingerprint density at radius 1 is 1.00 bits per heavy atom. The molecule has 2 N–H and O–H groups in total. The summed E-state index contributed by atoms with van der Waals surface area (Å²) in [5.41, 5.74) is 2.67. The number of benzene rings is 2. The first-order valence-electron chi connectivity index (χ1n) is 7.60. The summed E-state index contributed by atoms with van der Waals surface area (Å²) in [6.07, 6.45) is 3.81. The zero-order valence-electron chi connectivity index (χ0n) is 12.7. The average molecular weight is 306 g/mol. The summed E-state index contributed by atoms with van der Waals surface area (Å²) in [6.45, 7) is 3.69. The van der Waals surface area contributed by atoms with Crippen molar-refractivity contribution in [1.29, 1.82) is 0 Å². The molecule has 116 valence electrons. The molecule has 0 aromatic heterocycles. The predicted molar refractivity (Wildman–Crippen MR) is 91.4 cm³/mol. The maximum atomic E-state index is 12.2. The van der Waals surface area contributed by atoms with Crippen LogP contribution in [-0.2, 0) is 0 Å². The van der Waals surface area contributed by atoms with Crippen LogP contribution in [0.3, 0.4) is 0 Å². The number of nitrogens with one attached hydrogen (secondary N) is 2. The molecule has 1 fully saturated rings. The van der Waals surface area contributed by atoms with E-state index in [0.29, 0.717) is 22.9 Å². The number of hydrogen-bond donors (Lipinski definition) is 2. The van der Waals surface area contributed by atoms with Gasteiger partial charge in [0.25, 0.3) is 11.8 Å². The van der Waals surface area contributed by atoms with E-state index in [1.807, 2.05) is 12.1 Å². The normalized spacial score (nSPS) is 13.2. The lowest BCUT2D eigenvalue weighted by atomic mass is 10.1. The summed E-state index contributed by atoms with van der Waals surface area (Å²) in [7, 11) is 0. The van der Waals surface area contributed by atoms with E-state index in [-0.39, 0.29) is 11.8 Å². The van der Waals surface area contributed by atoms with Crippen LogP contribution in [0, 0.1) is 0 Å². The number of carbonyl (C=O) groups excluding carboxylic acids is 2. The van der Waals surface area contributed by atoms with Crippen LogP contribution in [0.4, 0.5) is 5.69 Å². The minimum absolute atomic E-state index is 0.0982. The highest BCUT2D eigenvalue weighted by molar-refractivity contribution is 6.05. The minimum atomic E-state index is -0.208. The first-order chi connectivity index (χ1) is 11.2. The summed E-state index contributed by atoms with van der Waals surface area (Å²) >= 11 is 0. The van der Waals surface area contributed by atoms with E-state index >= 15 is 0 Å². The van der Waals surface area contributed by atoms with Gasteiger partial charge in [0.2, 0.25) is 0 Å². The number of hydrogen-bond acceptors (Lipinski definition) is 2. The topological polar surface area (TPSA) is 58.2 Å². The minimum Gasteiger partial charge on any atom is -0.349 e. The molecule has 0 aliphatic heterocycles. The monoisotopic (exact) mass is 306 g/mol. The standard InChI is InChI=1S/C19H18N2O2/c1-2-13-6-8-14(9-7-13)18(22)21-17-5-3-4-15(12-17)19(23)20-16-10-11-16/h2-9,12,16H,1,10-11H2,(H,20,23)(H,21,22). The summed E-state index contributed by atoms with van der Waals surface area (Å²) in [5.74, 6) is -0.306. The van der Waals surface area contributed by atoms with E-state index in [2.05, 4.69) is 17.2 Å². The summed E-state index contributed by atoms with van der Waals surface area (Å²) < 4.78 is 0. The van der Waals surface area contributed by atoms with E-state index in [1.54, 1.807) is 42.5 Å². The van der Waals surface area contributed by atoms with Gasteiger partial charge in [-0.05, 0) is 48.7 Å². The van der Waals surface area contributed by atoms with Crippen molar-refractivity contribution in [3.05, 3.63) is 71.8 Å². The molecule has 0 radical (unpaired) electrons. The third-order valence-electron chi connectivity index (χ3n) is 3.70. The molecule has 2 aromatic carbocycles. The third kappa shape index (κ3) is 3.86. The van der Waals surface area contributed by atoms with Crippen LogP contribution in [0.5, 0.6) is 0 Å². The maximum absolute atomic E-state index is 12.2. The second-order valence-corrected chi connectivity index (χ2v) is 5.61. The predicted octanol–water partition coefficient (Wildman–Crippen LogP) is 3.47. The number of amides is 2. The van der Waals surface area contributed by atoms with Crippen molar-refractivity contribution in [3.63, 3.8) is 0 Å². The van der Waals surface area contributed by atoms with Crippen LogP contribution >= 0.6 is 0 Å². The molecule has 23 heavy (non-hydrogen) atoms. The molecule has 0 spiro atoms. The highest BCUT2D eigenvalue weighted by atomic mass is 16.2. The Kier molecular flexibility index (Phi) is 4.24. The van der Waals surface area contributed by atoms with Crippen LogP contribution in [0.25, 0.3) is 6.08 Å². The Morgan fingerprint density at radius 3 is 2.39 bits per heavy atom. The smallest absolute Gasteiger partial charge is 0.255 e. The fourth-order valence-corrected chi connectivity index (χ4v) is 2.21. The van der Waals surface area contributed by atoms with Crippen LogP contribution < -0.4 is 10.6 Å². The van der Waals surface area contributed by atoms with Crippen molar-refractivity contribution < 1.29 is 9.59 Å². The molecule has 0 unspecified atom stereocenters. The van der Waals surface area contributed by atoms with Crippen LogP contribution in [0.2, 0.25) is 0 Å². The molecular weight excluding hydrogens is 288 g/mol. The lowest BCUT2D eigenvalue weighted by molar-refractivity contribution is 0.0949. The molecule has 2 aromatic rings. The first kappa shape index (κ1) is 15.0. The number of rotatable bonds is 5. The fourth-order valence-electron chi connectivity index (χ4n) is 2.21. The van der Waals surface area contributed by atoms with Crippen LogP contribution in [0.15, 0.2) is 55.1 Å². The molecular formula is C19H18N2O2. The van der Waals surface area contributed by atoms with Crippen molar-refractivity contribution in [2.75, 3.05) is 5.32 Å². The van der Waals surface area contributed by atoms with Crippen molar-refractivity contribution in [3.8, 4) is 0 Å². The van der Waals surface area contributed by atoms with Gasteiger partial charge in [0.05, 0.1) is 0 Å². The summed E-state index contributed by atoms with van der Waals surface area (Å²) in [4.78, 5) is 24.3. The third-order valence-corrected chi connectivity index (χ3v) is 3.70. The van der Waals surface area contributed by atoms with Gasteiger partial charge < -0.3 is 10.6 Å². The van der Waals surface area contributed by atoms with Crippen molar-refractivity contribution in [2.24, 2.45) is 0 Å². The molecule has 0 saturated heterocycles. The van der Waals surface area contributed by atoms with E-state index in [1.165, 1.54) is 0 Å². The molecule has 4 nitrogen and oxygen atoms in total. The van der Waals surface area contributed by atoms with Gasteiger partial charge in [0.15, 0.2) is 0 Å². The van der Waals surface area contributed by atoms with Crippen molar-refractivity contribution in [2.45, 2.75) is 18.9 Å². The first-order valence-corrected chi connectivity index (χ1v) is 7.60. The Morgan fingerprint density at radius 2 is 1.74 bits per heavy atom. The van der Waals surface area contributed by atoms with E-state index < -0.39 is 0 Å². The quantitative estimate of drug-likeness (QED) is 0.888. The van der Waals surface area contributed by atoms with Gasteiger partial charge in [-0.2, -0.15) is 0 Å². The molecule has 0 atom stereocenters. The van der Waals surface area contributed by atoms with Crippen molar-refractivity contribution in [1.82, 2.24) is 5.32 Å². The average Bonchev–Trinajstić information content (AvgIpc) is 3.39. The SMILES string of the molecule is C=Cc1ccc(C(=O)Nc2cccc(C(=O)NC3CC3)c2)cc1. The van der Waals surface area contributed by atoms with Crippen LogP contribution in [-0.4, -0.2) is 17.9 Å². The van der Waals surface area contributed by atoms with Gasteiger partial charge in [-0.15, -0.1) is 0 Å². The Balaban J connectivity index is 1.69. The highest BCUT2D eigenvalue weighted by Crippen LogP contribution is 2.20. The van der Waals surface area contributed by atoms with Crippen molar-refractivity contribution >= 4 is 23.6 Å². The van der Waals surface area contributed by atoms with E-state index in [0.717, 1.165) is 18.4 Å². The number of carbonyl (C=O) groups is 2. The molecule has 1 aliphatic carbocycles. The van der Waals surface area contributed by atoms with Crippen LogP contribution in [0.1, 0.15) is 39.1 Å². The molecule has 0 heterocycles. The van der Waals surface area contributed by atoms with Gasteiger partial charge in [-0.3, -0.25) is 9.59 Å². The molecule has 0 bridgehead atoms. The zero-order valence-corrected chi connectivity index (χ0v) is 12.7. The fraction of sp³-hybridized carbons (Fsp3) is 0.158. The Hall–Kier alpha value is -2.88. The molecule has 1 aliphatic rings.